The van der Waals surface area contributed by atoms with Gasteiger partial charge in [0.15, 0.2) is 0 Å². The summed E-state index contributed by atoms with van der Waals surface area (Å²) in [6, 6.07) is 101. The van der Waals surface area contributed by atoms with Crippen LogP contribution in [0.3, 0.4) is 0 Å². The van der Waals surface area contributed by atoms with Gasteiger partial charge < -0.3 is 24.4 Å². The molecule has 2 aliphatic heterocycles. The molecule has 0 amide bonds. The maximum atomic E-state index is 14.8. The summed E-state index contributed by atoms with van der Waals surface area (Å²) in [5, 5.41) is 12.1. The largest absolute Gasteiger partial charge is 0.478 e. The molecule has 12 rings (SSSR count). The molecule has 9 heteroatoms. The van der Waals surface area contributed by atoms with E-state index in [1.54, 1.807) is 11.8 Å². The first kappa shape index (κ1) is 76.5. The molecule has 2 aliphatic rings. The predicted molar refractivity (Wildman–Crippen MR) is 432 cm³/mol. The number of cyclic esters (lactones) is 1. The SMILES string of the molecule is CC(C)(C)[C@H](C(=CSc1ccccc1)C(=O)O)c1cccc(N(Cc2ccccc2)Cc2ccccc2)c1.CCC[C@]1(CCc2ccccc2)CC(Sc2ccccc2)=C([C@H](c2cccc(N(Cc3ccccc3)Cc3ccccc3)c2)C(C)(C)C)C(=O)O1.CCC[C@]1(CCc2ccccc2)CO1. The minimum Gasteiger partial charge on any atom is -0.478 e. The van der Waals surface area contributed by atoms with Crippen molar-refractivity contribution >= 4 is 46.8 Å². The highest BCUT2D eigenvalue weighted by Gasteiger charge is 2.46. The molecule has 2 heterocycles. The Kier molecular flexibility index (Phi) is 27.8. The number of aryl methyl sites for hydroxylation is 2. The standard InChI is InChI=1S/C47H51NO2S.C34H35NO2S.C13H18O/c1-5-30-47(31-29-36-19-10-6-11-20-36)33-42(51-41-27-16-9-17-28-41)43(45(49)50-47)44(46(2,3)4)39-25-18-26-40(32-39)48(34-37-21-12-7-13-22-37)35-38-23-14-8-15-24-38;1-34(2,3)32(31(33(36)37)25-38-30-20-11-6-12-21-30)28-18-13-19-29(22-28)35(23-26-14-7-4-8-15-26)24-27-16-9-5-10-17-27;1-2-9-13(11-14-13)10-8-12-6-4-3-5-7-12/h6-28,32,44H,5,29-31,33-35H2,1-4H3;4-22,25,32H,23-24H2,1-3H3,(H,36,37);3-7H,2,8-11H2,1H3/t44-,47-;32-;13-/m000/s1. The number of hydrogen-bond donors (Lipinski definition) is 1. The minimum atomic E-state index is -0.885. The first-order valence-corrected chi connectivity index (χ1v) is 38.5. The molecule has 532 valence electrons. The third-order valence-electron chi connectivity index (χ3n) is 19.3. The average Bonchev–Trinajstić information content (AvgIpc) is 1.62. The van der Waals surface area contributed by atoms with E-state index in [-0.39, 0.29) is 34.2 Å². The molecule has 10 aromatic rings. The molecule has 1 saturated heterocycles. The number of esters is 1. The van der Waals surface area contributed by atoms with Gasteiger partial charge in [-0.05, 0) is 148 Å². The Bertz CT molecular complexity index is 4190. The number of nitrogens with zero attached hydrogens (tertiary/aromatic N) is 2. The van der Waals surface area contributed by atoms with Crippen molar-refractivity contribution in [2.75, 3.05) is 16.4 Å². The number of thioether (sulfide) groups is 2. The van der Waals surface area contributed by atoms with Crippen LogP contribution in [0.4, 0.5) is 11.4 Å². The molecule has 0 radical (unpaired) electrons. The van der Waals surface area contributed by atoms with Crippen LogP contribution < -0.4 is 9.80 Å². The van der Waals surface area contributed by atoms with Crippen molar-refractivity contribution in [1.29, 1.82) is 0 Å². The van der Waals surface area contributed by atoms with E-state index in [0.717, 1.165) is 108 Å². The normalized spacial score (nSPS) is 16.4. The maximum Gasteiger partial charge on any atom is 0.336 e. The fourth-order valence-electron chi connectivity index (χ4n) is 14.3. The van der Waals surface area contributed by atoms with Crippen LogP contribution in [0.5, 0.6) is 0 Å². The second kappa shape index (κ2) is 37.4. The zero-order valence-electron chi connectivity index (χ0n) is 61.6. The molecule has 4 atom stereocenters. The second-order valence-corrected chi connectivity index (χ2v) is 31.8. The summed E-state index contributed by atoms with van der Waals surface area (Å²) in [5.74, 6) is -1.51. The first-order valence-electron chi connectivity index (χ1n) is 36.8. The van der Waals surface area contributed by atoms with Crippen LogP contribution in [0, 0.1) is 10.8 Å². The van der Waals surface area contributed by atoms with Crippen LogP contribution in [-0.2, 0) is 58.1 Å². The highest BCUT2D eigenvalue weighted by molar-refractivity contribution is 8.03. The molecule has 103 heavy (non-hydrogen) atoms. The maximum absolute atomic E-state index is 14.8. The number of aliphatic carboxylic acids is 1. The number of carboxylic acids is 1. The lowest BCUT2D eigenvalue weighted by molar-refractivity contribution is -0.159. The van der Waals surface area contributed by atoms with Crippen molar-refractivity contribution in [3.8, 4) is 0 Å². The van der Waals surface area contributed by atoms with Crippen molar-refractivity contribution < 1.29 is 24.2 Å². The molecule has 1 fully saturated rings. The van der Waals surface area contributed by atoms with Crippen molar-refractivity contribution in [2.45, 2.75) is 172 Å². The highest BCUT2D eigenvalue weighted by Crippen LogP contribution is 2.52. The predicted octanol–water partition coefficient (Wildman–Crippen LogP) is 24.2. The number of carboxylic acid groups (broad SMARTS) is 1. The van der Waals surface area contributed by atoms with Crippen molar-refractivity contribution in [3.63, 3.8) is 0 Å². The number of carbonyl (C=O) groups excluding carboxylic acids is 1. The fourth-order valence-corrected chi connectivity index (χ4v) is 16.3. The van der Waals surface area contributed by atoms with Gasteiger partial charge in [-0.25, -0.2) is 9.59 Å². The van der Waals surface area contributed by atoms with Crippen molar-refractivity contribution in [2.24, 2.45) is 10.8 Å². The van der Waals surface area contributed by atoms with Crippen LogP contribution in [0.2, 0.25) is 0 Å². The lowest BCUT2D eigenvalue weighted by Gasteiger charge is -2.43. The lowest BCUT2D eigenvalue weighted by Crippen LogP contribution is -2.42. The summed E-state index contributed by atoms with van der Waals surface area (Å²) < 4.78 is 12.3. The smallest absolute Gasteiger partial charge is 0.336 e. The summed E-state index contributed by atoms with van der Waals surface area (Å²) in [6.07, 6.45) is 8.96. The van der Waals surface area contributed by atoms with Gasteiger partial charge >= 0.3 is 11.9 Å². The Morgan fingerprint density at radius 3 is 1.22 bits per heavy atom. The Labute approximate surface area is 623 Å². The van der Waals surface area contributed by atoms with E-state index in [2.05, 4.69) is 314 Å². The van der Waals surface area contributed by atoms with Crippen LogP contribution in [-0.4, -0.2) is 34.9 Å². The van der Waals surface area contributed by atoms with Crippen LogP contribution in [0.1, 0.15) is 157 Å². The highest BCUT2D eigenvalue weighted by atomic mass is 32.2. The van der Waals surface area contributed by atoms with Gasteiger partial charge in [-0.15, -0.1) is 0 Å². The number of epoxide rings is 1. The zero-order valence-corrected chi connectivity index (χ0v) is 63.3. The molecule has 10 aromatic carbocycles. The Morgan fingerprint density at radius 2 is 0.835 bits per heavy atom. The van der Waals surface area contributed by atoms with Crippen LogP contribution in [0.25, 0.3) is 0 Å². The summed E-state index contributed by atoms with van der Waals surface area (Å²) in [6.45, 7) is 21.6. The van der Waals surface area contributed by atoms with Gasteiger partial charge in [0.25, 0.3) is 0 Å². The Balaban J connectivity index is 0.000000191. The van der Waals surface area contributed by atoms with Crippen LogP contribution in [0.15, 0.2) is 322 Å². The molecule has 7 nitrogen and oxygen atoms in total. The molecule has 0 spiro atoms. The van der Waals surface area contributed by atoms with Gasteiger partial charge in [-0.1, -0.05) is 334 Å². The third kappa shape index (κ3) is 22.9. The third-order valence-corrected chi connectivity index (χ3v) is 21.4. The molecule has 0 aromatic heterocycles. The molecular formula is C94H104N2O5S2. The van der Waals surface area contributed by atoms with E-state index in [0.29, 0.717) is 12.0 Å². The monoisotopic (exact) mass is 1400 g/mol. The number of carbonyl (C=O) groups is 2. The average molecular weight is 1410 g/mol. The number of hydrogen-bond acceptors (Lipinski definition) is 8. The van der Waals surface area contributed by atoms with Gasteiger partial charge in [0, 0.05) is 70.5 Å². The van der Waals surface area contributed by atoms with Gasteiger partial charge in [0.2, 0.25) is 0 Å². The van der Waals surface area contributed by atoms with E-state index in [1.807, 2.05) is 47.9 Å². The molecule has 0 bridgehead atoms. The van der Waals surface area contributed by atoms with Gasteiger partial charge in [-0.2, -0.15) is 0 Å². The Hall–Kier alpha value is -9.12. The summed E-state index contributed by atoms with van der Waals surface area (Å²) in [4.78, 5) is 35.4. The molecule has 0 aliphatic carbocycles. The number of benzene rings is 10. The van der Waals surface area contributed by atoms with Gasteiger partial charge in [0.05, 0.1) is 23.4 Å². The number of rotatable bonds is 29. The van der Waals surface area contributed by atoms with Gasteiger partial charge in [-0.3, -0.25) is 0 Å². The fraction of sp³-hybridized carbons (Fsp3) is 0.298. The Morgan fingerprint density at radius 1 is 0.466 bits per heavy atom. The van der Waals surface area contributed by atoms with E-state index in [4.69, 9.17) is 9.47 Å². The second-order valence-electron chi connectivity index (χ2n) is 29.7. The van der Waals surface area contributed by atoms with E-state index in [1.165, 1.54) is 64.4 Å². The van der Waals surface area contributed by atoms with E-state index < -0.39 is 11.6 Å². The van der Waals surface area contributed by atoms with Crippen molar-refractivity contribution in [1.82, 2.24) is 0 Å². The zero-order chi connectivity index (χ0) is 72.5. The first-order chi connectivity index (χ1) is 49.9. The minimum absolute atomic E-state index is 0.166. The quantitative estimate of drug-likeness (QED) is 0.0213. The topological polar surface area (TPSA) is 82.6 Å². The summed E-state index contributed by atoms with van der Waals surface area (Å²) in [7, 11) is 0. The van der Waals surface area contributed by atoms with Gasteiger partial charge in [0.1, 0.15) is 5.60 Å². The van der Waals surface area contributed by atoms with E-state index >= 15 is 0 Å². The molecule has 1 N–H and O–H groups in total. The lowest BCUT2D eigenvalue weighted by atomic mass is 9.70. The number of ether oxygens (including phenoxy) is 2. The summed E-state index contributed by atoms with van der Waals surface area (Å²) >= 11 is 3.20. The summed E-state index contributed by atoms with van der Waals surface area (Å²) in [5.41, 5.74) is 12.4. The van der Waals surface area contributed by atoms with E-state index in [9.17, 15) is 14.7 Å². The number of anilines is 2. The van der Waals surface area contributed by atoms with Crippen LogP contribution >= 0.6 is 23.5 Å². The molecule has 0 unspecified atom stereocenters. The molecule has 0 saturated carbocycles. The van der Waals surface area contributed by atoms with Crippen molar-refractivity contribution in [3.05, 3.63) is 357 Å². The molecular weight excluding hydrogens is 1300 g/mol.